The van der Waals surface area contributed by atoms with E-state index in [9.17, 15) is 14.9 Å². The third kappa shape index (κ3) is 7.51. The topological polar surface area (TPSA) is 132 Å². The lowest BCUT2D eigenvalue weighted by Gasteiger charge is -2.27. The van der Waals surface area contributed by atoms with E-state index in [1.165, 1.54) is 13.2 Å². The number of methoxy groups -OCH3 is 1. The van der Waals surface area contributed by atoms with Crippen molar-refractivity contribution in [2.24, 2.45) is 0 Å². The number of carbonyl (C=O) groups is 2. The lowest BCUT2D eigenvalue weighted by molar-refractivity contribution is -0.115. The summed E-state index contributed by atoms with van der Waals surface area (Å²) in [5, 5.41) is 15.6. The van der Waals surface area contributed by atoms with E-state index in [0.717, 1.165) is 17.5 Å². The molecule has 1 saturated heterocycles. The number of hydrogen-bond donors (Lipinski definition) is 2. The van der Waals surface area contributed by atoms with Crippen molar-refractivity contribution in [2.45, 2.75) is 38.4 Å². The molecule has 240 valence electrons. The van der Waals surface area contributed by atoms with Crippen LogP contribution >= 0.6 is 0 Å². The maximum absolute atomic E-state index is 15.7. The van der Waals surface area contributed by atoms with Gasteiger partial charge in [0.1, 0.15) is 18.2 Å². The predicted molar refractivity (Wildman–Crippen MR) is 172 cm³/mol. The number of amides is 1. The first kappa shape index (κ1) is 31.5. The summed E-state index contributed by atoms with van der Waals surface area (Å²) >= 11 is 0. The van der Waals surface area contributed by atoms with Crippen LogP contribution in [-0.4, -0.2) is 49.8 Å². The number of esters is 1. The lowest BCUT2D eigenvalue weighted by atomic mass is 10.0. The molecule has 10 nitrogen and oxygen atoms in total. The Morgan fingerprint density at radius 3 is 2.70 bits per heavy atom. The molecular weight excluding hydrogens is 603 g/mol. The molecule has 11 heteroatoms. The number of carbonyl (C=O) groups excluding carboxylic acids is 2. The van der Waals surface area contributed by atoms with E-state index in [4.69, 9.17) is 18.9 Å². The molecule has 2 aliphatic rings. The molecule has 2 N–H and O–H groups in total. The molecule has 4 bridgehead atoms. The average Bonchev–Trinajstić information content (AvgIpc) is 3.06. The van der Waals surface area contributed by atoms with E-state index in [-0.39, 0.29) is 31.3 Å². The number of hydrogen-bond acceptors (Lipinski definition) is 9. The summed E-state index contributed by atoms with van der Waals surface area (Å²) in [4.78, 5) is 30.1. The largest absolute Gasteiger partial charge is 0.493 e. The van der Waals surface area contributed by atoms with Crippen LogP contribution in [0.3, 0.4) is 0 Å². The van der Waals surface area contributed by atoms with Crippen molar-refractivity contribution in [3.63, 3.8) is 0 Å². The van der Waals surface area contributed by atoms with Gasteiger partial charge in [-0.3, -0.25) is 4.79 Å². The van der Waals surface area contributed by atoms with Crippen molar-refractivity contribution in [2.75, 3.05) is 37.5 Å². The number of aromatic nitrogens is 1. The van der Waals surface area contributed by atoms with Crippen molar-refractivity contribution in [1.82, 2.24) is 4.98 Å². The van der Waals surface area contributed by atoms with Crippen LogP contribution in [0.25, 0.3) is 11.3 Å². The van der Waals surface area contributed by atoms with Crippen molar-refractivity contribution < 1.29 is 32.9 Å². The number of benzene rings is 3. The number of nitrogens with zero attached hydrogens (tertiary/aromatic N) is 2. The zero-order valence-corrected chi connectivity index (χ0v) is 25.8. The van der Waals surface area contributed by atoms with E-state index in [0.29, 0.717) is 71.4 Å². The third-order valence-electron chi connectivity index (χ3n) is 8.09. The monoisotopic (exact) mass is 636 g/mol. The van der Waals surface area contributed by atoms with Gasteiger partial charge in [-0.25, -0.2) is 14.2 Å². The van der Waals surface area contributed by atoms with Crippen LogP contribution in [0.2, 0.25) is 0 Å². The molecule has 6 rings (SSSR count). The first-order valence-corrected chi connectivity index (χ1v) is 15.3. The fourth-order valence-electron chi connectivity index (χ4n) is 5.46. The quantitative estimate of drug-likeness (QED) is 0.241. The van der Waals surface area contributed by atoms with E-state index >= 15 is 4.39 Å². The molecular formula is C36H33FN4O6. The minimum atomic E-state index is -0.559. The number of fused-ring (bicyclic) bond motifs is 6. The predicted octanol–water partition coefficient (Wildman–Crippen LogP) is 5.83. The summed E-state index contributed by atoms with van der Waals surface area (Å²) in [6, 6.07) is 20.4. The van der Waals surface area contributed by atoms with Gasteiger partial charge in [-0.2, -0.15) is 5.26 Å². The Bertz CT molecular complexity index is 1850. The summed E-state index contributed by atoms with van der Waals surface area (Å²) < 4.78 is 38.2. The Kier molecular flexibility index (Phi) is 9.59. The number of rotatable bonds is 7. The SMILES string of the molecule is COC(=O)c1ccc(NC(=O)Cc2cc(F)c3cc2OCCCc2cc(C#N)ccc2COc2cccc-3n2)c(NC[C@@H]2CCO2)c1. The molecule has 0 aliphatic carbocycles. The molecule has 0 spiro atoms. The number of pyridine rings is 1. The highest BCUT2D eigenvalue weighted by Gasteiger charge is 2.21. The van der Waals surface area contributed by atoms with Crippen molar-refractivity contribution in [3.05, 3.63) is 100 Å². The lowest BCUT2D eigenvalue weighted by Crippen LogP contribution is -2.33. The van der Waals surface area contributed by atoms with Crippen molar-refractivity contribution in [1.29, 1.82) is 5.26 Å². The Morgan fingerprint density at radius 2 is 1.91 bits per heavy atom. The number of nitrogens with one attached hydrogen (secondary N) is 2. The van der Waals surface area contributed by atoms with Gasteiger partial charge in [-0.15, -0.1) is 0 Å². The highest BCUT2D eigenvalue weighted by molar-refractivity contribution is 5.98. The number of nitriles is 1. The number of anilines is 2. The molecule has 4 aromatic rings. The Hall–Kier alpha value is -5.47. The second-order valence-electron chi connectivity index (χ2n) is 11.3. The summed E-state index contributed by atoms with van der Waals surface area (Å²) in [6.45, 7) is 1.73. The third-order valence-corrected chi connectivity index (χ3v) is 8.09. The highest BCUT2D eigenvalue weighted by Crippen LogP contribution is 2.32. The molecule has 2 aliphatic heterocycles. The van der Waals surface area contributed by atoms with Crippen LogP contribution in [0.1, 0.15) is 45.5 Å². The normalized spacial score (nSPS) is 15.3. The van der Waals surface area contributed by atoms with Gasteiger partial charge in [0.05, 0.1) is 60.5 Å². The van der Waals surface area contributed by atoms with Gasteiger partial charge in [-0.05, 0) is 78.9 Å². The van der Waals surface area contributed by atoms with Crippen LogP contribution in [0.15, 0.2) is 66.7 Å². The molecule has 47 heavy (non-hydrogen) atoms. The van der Waals surface area contributed by atoms with Crippen LogP contribution in [0.5, 0.6) is 11.6 Å². The zero-order chi connectivity index (χ0) is 32.8. The summed E-state index contributed by atoms with van der Waals surface area (Å²) in [5.41, 5.74) is 4.68. The Morgan fingerprint density at radius 1 is 1.04 bits per heavy atom. The van der Waals surface area contributed by atoms with E-state index in [2.05, 4.69) is 21.7 Å². The molecule has 1 fully saturated rings. The second kappa shape index (κ2) is 14.3. The molecule has 3 aromatic carbocycles. The molecule has 1 amide bonds. The van der Waals surface area contributed by atoms with Gasteiger partial charge < -0.3 is 29.6 Å². The molecule has 0 radical (unpaired) electrons. The number of ether oxygens (including phenoxy) is 4. The first-order valence-electron chi connectivity index (χ1n) is 15.3. The average molecular weight is 637 g/mol. The fourth-order valence-corrected chi connectivity index (χ4v) is 5.46. The minimum Gasteiger partial charge on any atom is -0.493 e. The van der Waals surface area contributed by atoms with Crippen molar-refractivity contribution >= 4 is 23.3 Å². The fraction of sp³-hybridized carbons (Fsp3) is 0.278. The standard InChI is InChI=1S/C36H33FN4O6/c1-44-36(43)24-9-10-31(32(16-24)39-20-27-11-13-45-27)40-34(42)17-26-15-29(37)28-18-33(26)46-12-3-4-23-14-22(19-38)7-8-25(23)21-47-35-6-2-5-30(28)41-35/h2,5-10,14-16,18,27,39H,3-4,11-13,17,20-21H2,1H3,(H,40,42)/t27-/m0/s1. The second-order valence-corrected chi connectivity index (χ2v) is 11.3. The van der Waals surface area contributed by atoms with Crippen molar-refractivity contribution in [3.8, 4) is 29.0 Å². The van der Waals surface area contributed by atoms with Gasteiger partial charge >= 0.3 is 5.97 Å². The number of halogens is 1. The van der Waals surface area contributed by atoms with E-state index in [1.54, 1.807) is 48.5 Å². The van der Waals surface area contributed by atoms with Crippen LogP contribution in [0.4, 0.5) is 15.8 Å². The van der Waals surface area contributed by atoms with Gasteiger partial charge in [0.2, 0.25) is 11.8 Å². The molecule has 1 atom stereocenters. The van der Waals surface area contributed by atoms with Gasteiger partial charge in [0, 0.05) is 30.3 Å². The van der Waals surface area contributed by atoms with Crippen LogP contribution < -0.4 is 20.1 Å². The highest BCUT2D eigenvalue weighted by atomic mass is 19.1. The Labute approximate surface area is 271 Å². The first-order chi connectivity index (χ1) is 22.9. The summed E-state index contributed by atoms with van der Waals surface area (Å²) in [5.74, 6) is -0.788. The minimum absolute atomic E-state index is 0.0409. The zero-order valence-electron chi connectivity index (χ0n) is 25.8. The molecule has 1 aromatic heterocycles. The number of aryl methyl sites for hydroxylation is 1. The molecule has 0 saturated carbocycles. The maximum Gasteiger partial charge on any atom is 0.337 e. The Balaban J connectivity index is 1.26. The summed E-state index contributed by atoms with van der Waals surface area (Å²) in [7, 11) is 1.30. The molecule has 0 unspecified atom stereocenters. The van der Waals surface area contributed by atoms with E-state index in [1.807, 2.05) is 12.1 Å². The summed E-state index contributed by atoms with van der Waals surface area (Å²) in [6.07, 6.45) is 2.00. The maximum atomic E-state index is 15.7. The molecule has 3 heterocycles. The van der Waals surface area contributed by atoms with Gasteiger partial charge in [0.15, 0.2) is 0 Å². The van der Waals surface area contributed by atoms with Crippen LogP contribution in [0, 0.1) is 17.1 Å². The smallest absolute Gasteiger partial charge is 0.337 e. The van der Waals surface area contributed by atoms with E-state index < -0.39 is 17.7 Å². The van der Waals surface area contributed by atoms with Gasteiger partial charge in [0.25, 0.3) is 0 Å². The van der Waals surface area contributed by atoms with Gasteiger partial charge in [-0.1, -0.05) is 12.1 Å². The van der Waals surface area contributed by atoms with Crippen LogP contribution in [-0.2, 0) is 33.7 Å².